The van der Waals surface area contributed by atoms with E-state index < -0.39 is 0 Å². The van der Waals surface area contributed by atoms with E-state index in [4.69, 9.17) is 0 Å². The molecule has 0 amide bonds. The lowest BCUT2D eigenvalue weighted by atomic mass is 9.76. The van der Waals surface area contributed by atoms with E-state index in [0.717, 1.165) is 17.9 Å². The molecule has 0 spiro atoms. The Balaban J connectivity index is 1.37. The predicted octanol–water partition coefficient (Wildman–Crippen LogP) is 3.67. The number of thioether (sulfide) groups is 1. The van der Waals surface area contributed by atoms with Gasteiger partial charge in [-0.3, -0.25) is 0 Å². The Morgan fingerprint density at radius 1 is 1.06 bits per heavy atom. The zero-order valence-electron chi connectivity index (χ0n) is 11.0. The van der Waals surface area contributed by atoms with Crippen molar-refractivity contribution in [3.8, 4) is 0 Å². The van der Waals surface area contributed by atoms with E-state index in [0.29, 0.717) is 0 Å². The Bertz CT molecular complexity index is 353. The molecule has 18 heavy (non-hydrogen) atoms. The summed E-state index contributed by atoms with van der Waals surface area (Å²) in [4.78, 5) is 0. The van der Waals surface area contributed by atoms with E-state index in [1.54, 1.807) is 0 Å². The van der Waals surface area contributed by atoms with Crippen LogP contribution in [-0.2, 0) is 0 Å². The summed E-state index contributed by atoms with van der Waals surface area (Å²) in [5.74, 6) is 4.51. The highest BCUT2D eigenvalue weighted by Gasteiger charge is 2.30. The molecule has 2 aliphatic rings. The SMILES string of the molecule is c1ccc(C2CC(NCC3CCSCC3)C2)cc1. The first-order valence-corrected chi connectivity index (χ1v) is 8.43. The van der Waals surface area contributed by atoms with Crippen LogP contribution < -0.4 is 5.32 Å². The Hall–Kier alpha value is -0.470. The standard InChI is InChI=1S/C16H23NS/c1-2-4-14(5-3-1)15-10-16(11-15)17-12-13-6-8-18-9-7-13/h1-5,13,15-17H,6-12H2. The van der Waals surface area contributed by atoms with Crippen LogP contribution in [0.2, 0.25) is 0 Å². The van der Waals surface area contributed by atoms with Gasteiger partial charge in [0.15, 0.2) is 0 Å². The van der Waals surface area contributed by atoms with Gasteiger partial charge in [-0.25, -0.2) is 0 Å². The average Bonchev–Trinajstić information content (AvgIpc) is 2.39. The predicted molar refractivity (Wildman–Crippen MR) is 80.3 cm³/mol. The van der Waals surface area contributed by atoms with Gasteiger partial charge in [-0.15, -0.1) is 0 Å². The topological polar surface area (TPSA) is 12.0 Å². The van der Waals surface area contributed by atoms with Gasteiger partial charge in [-0.1, -0.05) is 30.3 Å². The molecule has 0 bridgehead atoms. The van der Waals surface area contributed by atoms with Crippen LogP contribution in [-0.4, -0.2) is 24.1 Å². The molecule has 98 valence electrons. The van der Waals surface area contributed by atoms with E-state index in [1.165, 1.54) is 49.3 Å². The first kappa shape index (κ1) is 12.6. The monoisotopic (exact) mass is 261 g/mol. The van der Waals surface area contributed by atoms with Gasteiger partial charge in [0.2, 0.25) is 0 Å². The first-order chi connectivity index (χ1) is 8.92. The van der Waals surface area contributed by atoms with E-state index in [9.17, 15) is 0 Å². The largest absolute Gasteiger partial charge is 0.314 e. The normalized spacial score (nSPS) is 28.9. The molecule has 0 aromatic heterocycles. The highest BCUT2D eigenvalue weighted by molar-refractivity contribution is 7.99. The van der Waals surface area contributed by atoms with Gasteiger partial charge in [0.05, 0.1) is 0 Å². The second-order valence-electron chi connectivity index (χ2n) is 5.74. The Kier molecular flexibility index (Phi) is 4.27. The number of hydrogen-bond donors (Lipinski definition) is 1. The molecule has 1 saturated carbocycles. The van der Waals surface area contributed by atoms with Crippen LogP contribution in [0.3, 0.4) is 0 Å². The summed E-state index contributed by atoms with van der Waals surface area (Å²) in [5.41, 5.74) is 1.53. The molecule has 0 radical (unpaired) electrons. The molecule has 1 nitrogen and oxygen atoms in total. The van der Waals surface area contributed by atoms with Crippen LogP contribution >= 0.6 is 11.8 Å². The fourth-order valence-corrected chi connectivity index (χ4v) is 4.27. The van der Waals surface area contributed by atoms with Crippen molar-refractivity contribution in [1.29, 1.82) is 0 Å². The maximum Gasteiger partial charge on any atom is 0.00788 e. The van der Waals surface area contributed by atoms with Gasteiger partial charge in [0.1, 0.15) is 0 Å². The molecule has 1 aromatic rings. The molecule has 1 aromatic carbocycles. The molecule has 1 heterocycles. The van der Waals surface area contributed by atoms with Crippen molar-refractivity contribution in [3.63, 3.8) is 0 Å². The van der Waals surface area contributed by atoms with Crippen LogP contribution in [0.5, 0.6) is 0 Å². The second kappa shape index (κ2) is 6.12. The molecule has 1 aliphatic carbocycles. The Morgan fingerprint density at radius 3 is 2.50 bits per heavy atom. The van der Waals surface area contributed by atoms with E-state index in [1.807, 2.05) is 0 Å². The lowest BCUT2D eigenvalue weighted by Gasteiger charge is -2.37. The zero-order chi connectivity index (χ0) is 12.2. The van der Waals surface area contributed by atoms with Crippen molar-refractivity contribution in [2.24, 2.45) is 5.92 Å². The van der Waals surface area contributed by atoms with Gasteiger partial charge in [0.25, 0.3) is 0 Å². The molecular formula is C16H23NS. The summed E-state index contributed by atoms with van der Waals surface area (Å²) >= 11 is 2.12. The van der Waals surface area contributed by atoms with Crippen molar-refractivity contribution in [3.05, 3.63) is 35.9 Å². The molecule has 2 heteroatoms. The van der Waals surface area contributed by atoms with E-state index >= 15 is 0 Å². The summed E-state index contributed by atoms with van der Waals surface area (Å²) in [5, 5.41) is 3.78. The molecule has 3 rings (SSSR count). The van der Waals surface area contributed by atoms with Crippen molar-refractivity contribution in [2.75, 3.05) is 18.1 Å². The molecule has 1 saturated heterocycles. The minimum absolute atomic E-state index is 0.782. The van der Waals surface area contributed by atoms with Crippen LogP contribution in [0.4, 0.5) is 0 Å². The van der Waals surface area contributed by atoms with Crippen molar-refractivity contribution in [1.82, 2.24) is 5.32 Å². The summed E-state index contributed by atoms with van der Waals surface area (Å²) in [6, 6.07) is 11.8. The number of benzene rings is 1. The van der Waals surface area contributed by atoms with E-state index in [-0.39, 0.29) is 0 Å². The van der Waals surface area contributed by atoms with Crippen molar-refractivity contribution in [2.45, 2.75) is 37.6 Å². The Labute approximate surface area is 115 Å². The number of rotatable bonds is 4. The molecule has 0 unspecified atom stereocenters. The molecular weight excluding hydrogens is 238 g/mol. The fraction of sp³-hybridized carbons (Fsp3) is 0.625. The van der Waals surface area contributed by atoms with Gasteiger partial charge in [-0.05, 0) is 61.1 Å². The minimum Gasteiger partial charge on any atom is -0.314 e. The summed E-state index contributed by atoms with van der Waals surface area (Å²) in [7, 11) is 0. The third kappa shape index (κ3) is 3.10. The van der Waals surface area contributed by atoms with Gasteiger partial charge < -0.3 is 5.32 Å². The lowest BCUT2D eigenvalue weighted by Crippen LogP contribution is -2.42. The highest BCUT2D eigenvalue weighted by atomic mass is 32.2. The van der Waals surface area contributed by atoms with Crippen LogP contribution in [0, 0.1) is 5.92 Å². The average molecular weight is 261 g/mol. The third-order valence-corrected chi connectivity index (χ3v) is 5.49. The van der Waals surface area contributed by atoms with Gasteiger partial charge in [-0.2, -0.15) is 11.8 Å². The molecule has 1 N–H and O–H groups in total. The fourth-order valence-electron chi connectivity index (χ4n) is 3.07. The zero-order valence-corrected chi connectivity index (χ0v) is 11.8. The quantitative estimate of drug-likeness (QED) is 0.887. The molecule has 2 fully saturated rings. The van der Waals surface area contributed by atoms with E-state index in [2.05, 4.69) is 47.4 Å². The smallest absolute Gasteiger partial charge is 0.00788 e. The molecule has 1 aliphatic heterocycles. The second-order valence-corrected chi connectivity index (χ2v) is 6.96. The summed E-state index contributed by atoms with van der Waals surface area (Å²) in [6.07, 6.45) is 5.52. The number of hydrogen-bond acceptors (Lipinski definition) is 2. The maximum absolute atomic E-state index is 3.78. The van der Waals surface area contributed by atoms with Crippen molar-refractivity contribution < 1.29 is 0 Å². The first-order valence-electron chi connectivity index (χ1n) is 7.28. The van der Waals surface area contributed by atoms with Crippen LogP contribution in [0.25, 0.3) is 0 Å². The minimum atomic E-state index is 0.782. The summed E-state index contributed by atoms with van der Waals surface area (Å²) in [6.45, 7) is 1.26. The summed E-state index contributed by atoms with van der Waals surface area (Å²) < 4.78 is 0. The Morgan fingerprint density at radius 2 is 1.78 bits per heavy atom. The van der Waals surface area contributed by atoms with Crippen LogP contribution in [0.15, 0.2) is 30.3 Å². The maximum atomic E-state index is 3.78. The lowest BCUT2D eigenvalue weighted by molar-refractivity contribution is 0.272. The van der Waals surface area contributed by atoms with Gasteiger partial charge >= 0.3 is 0 Å². The number of nitrogens with one attached hydrogen (secondary N) is 1. The van der Waals surface area contributed by atoms with Gasteiger partial charge in [0, 0.05) is 6.04 Å². The highest BCUT2D eigenvalue weighted by Crippen LogP contribution is 2.36. The third-order valence-electron chi connectivity index (χ3n) is 4.45. The van der Waals surface area contributed by atoms with Crippen LogP contribution in [0.1, 0.15) is 37.2 Å². The van der Waals surface area contributed by atoms with Crippen molar-refractivity contribution >= 4 is 11.8 Å². The molecule has 0 atom stereocenters.